The molecule has 20 heavy (non-hydrogen) atoms. The first kappa shape index (κ1) is 14.8. The molecule has 0 saturated heterocycles. The van der Waals surface area contributed by atoms with Crippen molar-refractivity contribution in [2.75, 3.05) is 0 Å². The summed E-state index contributed by atoms with van der Waals surface area (Å²) < 4.78 is 0. The van der Waals surface area contributed by atoms with Gasteiger partial charge in [0, 0.05) is 12.1 Å². The Hall–Kier alpha value is -1.61. The van der Waals surface area contributed by atoms with Crippen LogP contribution in [0.2, 0.25) is 0 Å². The number of carbonyl (C=O) groups is 1. The van der Waals surface area contributed by atoms with Crippen molar-refractivity contribution < 1.29 is 9.90 Å². The molecule has 1 aliphatic rings. The maximum absolute atomic E-state index is 11.9. The Morgan fingerprint density at radius 1 is 1.25 bits per heavy atom. The molecule has 2 N–H and O–H groups in total. The van der Waals surface area contributed by atoms with E-state index in [2.05, 4.69) is 18.3 Å². The highest BCUT2D eigenvalue weighted by molar-refractivity contribution is 5.92. The first-order valence-corrected chi connectivity index (χ1v) is 7.28. The summed E-state index contributed by atoms with van der Waals surface area (Å²) in [5, 5.41) is 12.4. The van der Waals surface area contributed by atoms with Crippen molar-refractivity contribution in [2.24, 2.45) is 0 Å². The second-order valence-corrected chi connectivity index (χ2v) is 5.71. The van der Waals surface area contributed by atoms with Crippen LogP contribution in [0.3, 0.4) is 0 Å². The fourth-order valence-electron chi connectivity index (χ4n) is 2.65. The molecule has 108 valence electrons. The number of aliphatic hydroxyl groups is 1. The third kappa shape index (κ3) is 4.20. The van der Waals surface area contributed by atoms with Crippen LogP contribution in [0, 0.1) is 13.8 Å². The van der Waals surface area contributed by atoms with E-state index in [4.69, 9.17) is 0 Å². The Labute approximate surface area is 120 Å². The Morgan fingerprint density at radius 3 is 2.60 bits per heavy atom. The van der Waals surface area contributed by atoms with E-state index < -0.39 is 0 Å². The molecule has 0 bridgehead atoms. The Balaban J connectivity index is 1.89. The van der Waals surface area contributed by atoms with Gasteiger partial charge in [-0.1, -0.05) is 23.8 Å². The molecule has 0 spiro atoms. The normalized spacial score (nSPS) is 22.9. The third-order valence-electron chi connectivity index (χ3n) is 3.88. The van der Waals surface area contributed by atoms with E-state index in [1.807, 2.05) is 25.1 Å². The highest BCUT2D eigenvalue weighted by atomic mass is 16.3. The molecule has 1 aliphatic carbocycles. The lowest BCUT2D eigenvalue weighted by Gasteiger charge is -2.25. The van der Waals surface area contributed by atoms with E-state index >= 15 is 0 Å². The van der Waals surface area contributed by atoms with Gasteiger partial charge in [0.25, 0.3) is 0 Å². The van der Waals surface area contributed by atoms with Gasteiger partial charge in [0.05, 0.1) is 6.10 Å². The summed E-state index contributed by atoms with van der Waals surface area (Å²) in [5.41, 5.74) is 3.48. The summed E-state index contributed by atoms with van der Waals surface area (Å²) in [4.78, 5) is 11.9. The Bertz CT molecular complexity index is 500. The highest BCUT2D eigenvalue weighted by Crippen LogP contribution is 2.18. The van der Waals surface area contributed by atoms with Crippen LogP contribution in [0.5, 0.6) is 0 Å². The molecule has 1 saturated carbocycles. The van der Waals surface area contributed by atoms with E-state index in [1.165, 1.54) is 11.1 Å². The number of amides is 1. The maximum Gasteiger partial charge on any atom is 0.244 e. The number of aliphatic hydroxyl groups excluding tert-OH is 1. The monoisotopic (exact) mass is 273 g/mol. The zero-order valence-corrected chi connectivity index (χ0v) is 12.2. The van der Waals surface area contributed by atoms with Crippen molar-refractivity contribution in [3.63, 3.8) is 0 Å². The summed E-state index contributed by atoms with van der Waals surface area (Å²) in [7, 11) is 0. The molecule has 1 aromatic carbocycles. The molecule has 0 heterocycles. The summed E-state index contributed by atoms with van der Waals surface area (Å²) in [5.74, 6) is -0.0497. The van der Waals surface area contributed by atoms with E-state index in [1.54, 1.807) is 6.08 Å². The van der Waals surface area contributed by atoms with Gasteiger partial charge in [0.2, 0.25) is 5.91 Å². The number of rotatable bonds is 3. The fraction of sp³-hybridized carbons (Fsp3) is 0.471. The number of hydrogen-bond donors (Lipinski definition) is 2. The molecule has 0 aromatic heterocycles. The molecule has 0 atom stereocenters. The lowest BCUT2D eigenvalue weighted by atomic mass is 9.93. The van der Waals surface area contributed by atoms with E-state index in [9.17, 15) is 9.90 Å². The van der Waals surface area contributed by atoms with Crippen molar-refractivity contribution in [1.82, 2.24) is 5.32 Å². The maximum atomic E-state index is 11.9. The van der Waals surface area contributed by atoms with Gasteiger partial charge in [-0.05, 0) is 56.7 Å². The molecule has 0 aliphatic heterocycles. The Kier molecular flexibility index (Phi) is 4.96. The van der Waals surface area contributed by atoms with Gasteiger partial charge >= 0.3 is 0 Å². The van der Waals surface area contributed by atoms with Crippen LogP contribution in [-0.2, 0) is 4.79 Å². The van der Waals surface area contributed by atoms with Crippen molar-refractivity contribution in [3.8, 4) is 0 Å². The molecule has 1 fully saturated rings. The molecule has 3 heteroatoms. The largest absolute Gasteiger partial charge is 0.393 e. The number of aryl methyl sites for hydroxylation is 2. The van der Waals surface area contributed by atoms with Crippen molar-refractivity contribution in [1.29, 1.82) is 0 Å². The average Bonchev–Trinajstić information content (AvgIpc) is 2.40. The molecule has 2 rings (SSSR count). The van der Waals surface area contributed by atoms with Crippen LogP contribution in [0.4, 0.5) is 0 Å². The predicted molar refractivity (Wildman–Crippen MR) is 81.4 cm³/mol. The first-order valence-electron chi connectivity index (χ1n) is 7.28. The van der Waals surface area contributed by atoms with Crippen LogP contribution in [0.25, 0.3) is 6.08 Å². The summed E-state index contributed by atoms with van der Waals surface area (Å²) in [6.45, 7) is 4.11. The van der Waals surface area contributed by atoms with Gasteiger partial charge in [-0.15, -0.1) is 0 Å². The highest BCUT2D eigenvalue weighted by Gasteiger charge is 2.19. The molecular formula is C17H23NO2. The smallest absolute Gasteiger partial charge is 0.244 e. The SMILES string of the molecule is Cc1ccc(C=CC(=O)NC2CCC(O)CC2)c(C)c1. The summed E-state index contributed by atoms with van der Waals surface area (Å²) in [6.07, 6.45) is 6.57. The van der Waals surface area contributed by atoms with E-state index in [-0.39, 0.29) is 18.1 Å². The Morgan fingerprint density at radius 2 is 1.95 bits per heavy atom. The predicted octanol–water partition coefficient (Wildman–Crippen LogP) is 2.74. The van der Waals surface area contributed by atoms with Crippen LogP contribution < -0.4 is 5.32 Å². The minimum absolute atomic E-state index is 0.0497. The molecule has 3 nitrogen and oxygen atoms in total. The quantitative estimate of drug-likeness (QED) is 0.832. The van der Waals surface area contributed by atoms with Gasteiger partial charge in [0.1, 0.15) is 0 Å². The minimum Gasteiger partial charge on any atom is -0.393 e. The van der Waals surface area contributed by atoms with Crippen LogP contribution in [0.15, 0.2) is 24.3 Å². The second-order valence-electron chi connectivity index (χ2n) is 5.71. The third-order valence-corrected chi connectivity index (χ3v) is 3.88. The molecule has 1 aromatic rings. The lowest BCUT2D eigenvalue weighted by Crippen LogP contribution is -2.37. The van der Waals surface area contributed by atoms with Gasteiger partial charge < -0.3 is 10.4 Å². The van der Waals surface area contributed by atoms with Crippen molar-refractivity contribution in [2.45, 2.75) is 51.7 Å². The van der Waals surface area contributed by atoms with Crippen molar-refractivity contribution in [3.05, 3.63) is 41.0 Å². The zero-order chi connectivity index (χ0) is 14.5. The molecule has 0 unspecified atom stereocenters. The lowest BCUT2D eigenvalue weighted by molar-refractivity contribution is -0.117. The van der Waals surface area contributed by atoms with Crippen LogP contribution in [0.1, 0.15) is 42.4 Å². The van der Waals surface area contributed by atoms with Gasteiger partial charge in [-0.3, -0.25) is 4.79 Å². The number of carbonyl (C=O) groups excluding carboxylic acids is 1. The number of benzene rings is 1. The van der Waals surface area contributed by atoms with E-state index in [0.29, 0.717) is 0 Å². The first-order chi connectivity index (χ1) is 9.54. The molecule has 1 amide bonds. The average molecular weight is 273 g/mol. The van der Waals surface area contributed by atoms with Gasteiger partial charge in [0.15, 0.2) is 0 Å². The number of hydrogen-bond acceptors (Lipinski definition) is 2. The summed E-state index contributed by atoms with van der Waals surface area (Å²) >= 11 is 0. The fourth-order valence-corrected chi connectivity index (χ4v) is 2.65. The zero-order valence-electron chi connectivity index (χ0n) is 12.2. The second kappa shape index (κ2) is 6.71. The van der Waals surface area contributed by atoms with E-state index in [0.717, 1.165) is 31.2 Å². The van der Waals surface area contributed by atoms with Crippen molar-refractivity contribution >= 4 is 12.0 Å². The topological polar surface area (TPSA) is 49.3 Å². The van der Waals surface area contributed by atoms with Crippen LogP contribution in [-0.4, -0.2) is 23.2 Å². The van der Waals surface area contributed by atoms with Gasteiger partial charge in [-0.2, -0.15) is 0 Å². The standard InChI is InChI=1S/C17H23NO2/c1-12-3-4-14(13(2)11-12)5-10-17(20)18-15-6-8-16(19)9-7-15/h3-5,10-11,15-16,19H,6-9H2,1-2H3,(H,18,20). The van der Waals surface area contributed by atoms with Gasteiger partial charge in [-0.25, -0.2) is 0 Å². The molecule has 0 radical (unpaired) electrons. The number of nitrogens with one attached hydrogen (secondary N) is 1. The summed E-state index contributed by atoms with van der Waals surface area (Å²) in [6, 6.07) is 6.40. The van der Waals surface area contributed by atoms with Crippen LogP contribution >= 0.6 is 0 Å². The minimum atomic E-state index is -0.186. The molecular weight excluding hydrogens is 250 g/mol.